The van der Waals surface area contributed by atoms with Crippen molar-refractivity contribution in [1.82, 2.24) is 5.32 Å². The molecule has 1 heterocycles. The Bertz CT molecular complexity index is 1090. The van der Waals surface area contributed by atoms with Gasteiger partial charge in [-0.1, -0.05) is 48.5 Å². The van der Waals surface area contributed by atoms with Crippen molar-refractivity contribution in [2.24, 2.45) is 0 Å². The molecule has 0 saturated carbocycles. The summed E-state index contributed by atoms with van der Waals surface area (Å²) in [6.45, 7) is 0.468. The molecule has 3 aromatic carbocycles. The highest BCUT2D eigenvalue weighted by Crippen LogP contribution is 2.31. The third-order valence-electron chi connectivity index (χ3n) is 4.18. The fourth-order valence-electron chi connectivity index (χ4n) is 2.89. The summed E-state index contributed by atoms with van der Waals surface area (Å²) in [4.78, 5) is 12.2. The van der Waals surface area contributed by atoms with Gasteiger partial charge in [0.25, 0.3) is 5.91 Å². The molecule has 0 aromatic heterocycles. The monoisotopic (exact) mass is 438 g/mol. The molecule has 0 spiro atoms. The molecule has 0 unspecified atom stereocenters. The molecule has 0 aliphatic carbocycles. The second-order valence-electron chi connectivity index (χ2n) is 6.01. The summed E-state index contributed by atoms with van der Waals surface area (Å²) in [7, 11) is 0. The molecule has 4 nitrogen and oxygen atoms in total. The van der Waals surface area contributed by atoms with Crippen LogP contribution in [0.3, 0.4) is 0 Å². The van der Waals surface area contributed by atoms with Crippen molar-refractivity contribution in [2.45, 2.75) is 6.61 Å². The third-order valence-corrected chi connectivity index (χ3v) is 5.63. The number of ether oxygens (including phenoxy) is 1. The molecule has 2 N–H and O–H groups in total. The predicted octanol–water partition coefficient (Wildman–Crippen LogP) is 5.32. The Morgan fingerprint density at radius 2 is 1.93 bits per heavy atom. The summed E-state index contributed by atoms with van der Waals surface area (Å²) in [5.74, 6) is 0.499. The number of halogens is 1. The van der Waals surface area contributed by atoms with Gasteiger partial charge in [-0.05, 0) is 67.8 Å². The van der Waals surface area contributed by atoms with Gasteiger partial charge in [0, 0.05) is 0 Å². The maximum absolute atomic E-state index is 11.7. The molecular formula is C21H15BrN2O2S. The Hall–Kier alpha value is -2.57. The van der Waals surface area contributed by atoms with Gasteiger partial charge in [0.15, 0.2) is 5.17 Å². The number of nitrogens with one attached hydrogen (secondary N) is 2. The Kier molecular flexibility index (Phi) is 5.01. The molecule has 0 atom stereocenters. The highest BCUT2D eigenvalue weighted by Gasteiger charge is 2.22. The Balaban J connectivity index is 1.52. The first kappa shape index (κ1) is 17.8. The lowest BCUT2D eigenvalue weighted by molar-refractivity contribution is -0.115. The van der Waals surface area contributed by atoms with E-state index in [1.54, 1.807) is 6.08 Å². The van der Waals surface area contributed by atoms with E-state index in [1.807, 2.05) is 36.4 Å². The molecule has 0 bridgehead atoms. The Labute approximate surface area is 169 Å². The smallest absolute Gasteiger partial charge is 0.264 e. The van der Waals surface area contributed by atoms with Crippen LogP contribution in [0.1, 0.15) is 11.1 Å². The molecule has 4 rings (SSSR count). The minimum atomic E-state index is -0.239. The molecule has 1 amide bonds. The van der Waals surface area contributed by atoms with E-state index in [4.69, 9.17) is 10.1 Å². The van der Waals surface area contributed by atoms with Crippen LogP contribution in [-0.4, -0.2) is 11.1 Å². The first-order valence-electron chi connectivity index (χ1n) is 8.28. The number of thioether (sulfide) groups is 1. The molecule has 6 heteroatoms. The van der Waals surface area contributed by atoms with E-state index >= 15 is 0 Å². The van der Waals surface area contributed by atoms with Crippen LogP contribution in [0.15, 0.2) is 70.0 Å². The molecule has 1 saturated heterocycles. The van der Waals surface area contributed by atoms with Gasteiger partial charge < -0.3 is 10.1 Å². The summed E-state index contributed by atoms with van der Waals surface area (Å²) in [5, 5.41) is 12.5. The first-order valence-corrected chi connectivity index (χ1v) is 9.89. The summed E-state index contributed by atoms with van der Waals surface area (Å²) >= 11 is 4.67. The maximum atomic E-state index is 11.7. The van der Waals surface area contributed by atoms with Crippen LogP contribution in [-0.2, 0) is 11.4 Å². The summed E-state index contributed by atoms with van der Waals surface area (Å²) in [6.07, 6.45) is 1.76. The third kappa shape index (κ3) is 3.91. The summed E-state index contributed by atoms with van der Waals surface area (Å²) in [5.41, 5.74) is 2.00. The second-order valence-corrected chi connectivity index (χ2v) is 7.92. The molecular weight excluding hydrogens is 424 g/mol. The lowest BCUT2D eigenvalue weighted by Gasteiger charge is -2.11. The topological polar surface area (TPSA) is 62.2 Å². The largest absolute Gasteiger partial charge is 0.488 e. The average Bonchev–Trinajstić information content (AvgIpc) is 2.98. The number of hydrogen-bond donors (Lipinski definition) is 2. The van der Waals surface area contributed by atoms with Crippen molar-refractivity contribution in [3.63, 3.8) is 0 Å². The van der Waals surface area contributed by atoms with E-state index in [9.17, 15) is 4.79 Å². The zero-order valence-electron chi connectivity index (χ0n) is 14.2. The molecule has 134 valence electrons. The number of fused-ring (bicyclic) bond motifs is 1. The fourth-order valence-corrected chi connectivity index (χ4v) is 4.10. The number of amides is 1. The van der Waals surface area contributed by atoms with Crippen molar-refractivity contribution >= 4 is 55.6 Å². The van der Waals surface area contributed by atoms with E-state index in [0.29, 0.717) is 11.5 Å². The number of hydrogen-bond acceptors (Lipinski definition) is 4. The highest BCUT2D eigenvalue weighted by molar-refractivity contribution is 9.10. The predicted molar refractivity (Wildman–Crippen MR) is 114 cm³/mol. The number of amidine groups is 1. The quantitative estimate of drug-likeness (QED) is 0.541. The second kappa shape index (κ2) is 7.58. The summed E-state index contributed by atoms with van der Waals surface area (Å²) < 4.78 is 6.82. The van der Waals surface area contributed by atoms with Crippen molar-refractivity contribution < 1.29 is 9.53 Å². The molecule has 1 aliphatic rings. The van der Waals surface area contributed by atoms with Crippen molar-refractivity contribution in [2.75, 3.05) is 0 Å². The van der Waals surface area contributed by atoms with Gasteiger partial charge in [-0.2, -0.15) is 0 Å². The summed E-state index contributed by atoms with van der Waals surface area (Å²) in [6, 6.07) is 20.1. The number of benzene rings is 3. The molecule has 27 heavy (non-hydrogen) atoms. The van der Waals surface area contributed by atoms with Gasteiger partial charge >= 0.3 is 0 Å². The lowest BCUT2D eigenvalue weighted by Crippen LogP contribution is -2.18. The van der Waals surface area contributed by atoms with Crippen molar-refractivity contribution in [3.8, 4) is 5.75 Å². The van der Waals surface area contributed by atoms with Crippen molar-refractivity contribution in [3.05, 3.63) is 81.2 Å². The van der Waals surface area contributed by atoms with E-state index < -0.39 is 0 Å². The SMILES string of the molecule is N=C1NC(=O)/C(=C\c2ccc(OCc3cccc4ccccc34)c(Br)c2)S1. The Morgan fingerprint density at radius 1 is 1.11 bits per heavy atom. The van der Waals surface area contributed by atoms with Crippen LogP contribution in [0.4, 0.5) is 0 Å². The Morgan fingerprint density at radius 3 is 2.70 bits per heavy atom. The van der Waals surface area contributed by atoms with E-state index in [1.165, 1.54) is 10.8 Å². The van der Waals surface area contributed by atoms with Gasteiger partial charge in [-0.15, -0.1) is 0 Å². The standard InChI is InChI=1S/C21H15BrN2O2S/c22-17-10-13(11-19-20(25)24-21(23)27-19)8-9-18(17)26-12-15-6-3-5-14-4-1-2-7-16(14)15/h1-11H,12H2,(H2,23,24,25)/b19-11+. The van der Waals surface area contributed by atoms with Crippen LogP contribution in [0.2, 0.25) is 0 Å². The minimum absolute atomic E-state index is 0.153. The first-order chi connectivity index (χ1) is 13.1. The molecule has 1 aliphatic heterocycles. The van der Waals surface area contributed by atoms with Gasteiger partial charge in [-0.3, -0.25) is 10.2 Å². The van der Waals surface area contributed by atoms with Crippen LogP contribution < -0.4 is 10.1 Å². The molecule has 3 aromatic rings. The molecule has 1 fully saturated rings. The zero-order valence-corrected chi connectivity index (χ0v) is 16.6. The van der Waals surface area contributed by atoms with E-state index in [0.717, 1.165) is 33.1 Å². The van der Waals surface area contributed by atoms with E-state index in [-0.39, 0.29) is 11.1 Å². The van der Waals surface area contributed by atoms with Gasteiger partial charge in [0.2, 0.25) is 0 Å². The van der Waals surface area contributed by atoms with Gasteiger partial charge in [-0.25, -0.2) is 0 Å². The van der Waals surface area contributed by atoms with E-state index in [2.05, 4.69) is 45.5 Å². The van der Waals surface area contributed by atoms with Gasteiger partial charge in [0.1, 0.15) is 12.4 Å². The lowest BCUT2D eigenvalue weighted by atomic mass is 10.1. The van der Waals surface area contributed by atoms with Crippen LogP contribution in [0, 0.1) is 5.41 Å². The normalized spacial score (nSPS) is 15.4. The highest BCUT2D eigenvalue weighted by atomic mass is 79.9. The molecule has 0 radical (unpaired) electrons. The number of carbonyl (C=O) groups excluding carboxylic acids is 1. The van der Waals surface area contributed by atoms with Crippen molar-refractivity contribution in [1.29, 1.82) is 5.41 Å². The maximum Gasteiger partial charge on any atom is 0.264 e. The minimum Gasteiger partial charge on any atom is -0.488 e. The van der Waals surface area contributed by atoms with Crippen LogP contribution in [0.25, 0.3) is 16.8 Å². The zero-order chi connectivity index (χ0) is 18.8. The van der Waals surface area contributed by atoms with Gasteiger partial charge in [0.05, 0.1) is 9.38 Å². The van der Waals surface area contributed by atoms with Crippen LogP contribution in [0.5, 0.6) is 5.75 Å². The fraction of sp³-hybridized carbons (Fsp3) is 0.0476. The number of carbonyl (C=O) groups is 1. The van der Waals surface area contributed by atoms with Crippen LogP contribution >= 0.6 is 27.7 Å². The average molecular weight is 439 g/mol. The number of rotatable bonds is 4.